The minimum absolute atomic E-state index is 0.0872. The lowest BCUT2D eigenvalue weighted by Crippen LogP contribution is -2.38. The SMILES string of the molecule is C[C@H](N)C(=O)NCCCOC1CCCC1. The predicted molar refractivity (Wildman–Crippen MR) is 59.5 cm³/mol. The van der Waals surface area contributed by atoms with E-state index in [0.717, 1.165) is 13.0 Å². The van der Waals surface area contributed by atoms with Gasteiger partial charge < -0.3 is 15.8 Å². The van der Waals surface area contributed by atoms with Crippen LogP contribution in [0.5, 0.6) is 0 Å². The Morgan fingerprint density at radius 3 is 2.80 bits per heavy atom. The summed E-state index contributed by atoms with van der Waals surface area (Å²) in [5.41, 5.74) is 5.41. The summed E-state index contributed by atoms with van der Waals surface area (Å²) in [6, 6.07) is -0.416. The largest absolute Gasteiger partial charge is 0.378 e. The summed E-state index contributed by atoms with van der Waals surface area (Å²) in [6.45, 7) is 3.08. The maximum Gasteiger partial charge on any atom is 0.236 e. The first kappa shape index (κ1) is 12.5. The highest BCUT2D eigenvalue weighted by Gasteiger charge is 2.14. The van der Waals surface area contributed by atoms with Crippen molar-refractivity contribution >= 4 is 5.91 Å². The number of nitrogens with two attached hydrogens (primary N) is 1. The van der Waals surface area contributed by atoms with E-state index >= 15 is 0 Å². The van der Waals surface area contributed by atoms with E-state index in [1.165, 1.54) is 25.7 Å². The van der Waals surface area contributed by atoms with Gasteiger partial charge in [0.1, 0.15) is 0 Å². The molecule has 1 aliphatic carbocycles. The Morgan fingerprint density at radius 1 is 1.53 bits per heavy atom. The fourth-order valence-corrected chi connectivity index (χ4v) is 1.75. The standard InChI is InChI=1S/C11H22N2O2/c1-9(12)11(14)13-7-4-8-15-10-5-2-3-6-10/h9-10H,2-8,12H2,1H3,(H,13,14)/t9-/m0/s1. The van der Waals surface area contributed by atoms with Crippen LogP contribution in [0.2, 0.25) is 0 Å². The third-order valence-electron chi connectivity index (χ3n) is 2.69. The summed E-state index contributed by atoms with van der Waals surface area (Å²) in [5.74, 6) is -0.0872. The molecule has 0 aliphatic heterocycles. The topological polar surface area (TPSA) is 64.4 Å². The van der Waals surface area contributed by atoms with Crippen LogP contribution in [0, 0.1) is 0 Å². The molecule has 0 bridgehead atoms. The maximum absolute atomic E-state index is 11.1. The number of hydrogen-bond donors (Lipinski definition) is 2. The number of ether oxygens (including phenoxy) is 1. The zero-order chi connectivity index (χ0) is 11.1. The van der Waals surface area contributed by atoms with Gasteiger partial charge in [-0.25, -0.2) is 0 Å². The van der Waals surface area contributed by atoms with Crippen molar-refractivity contribution in [2.24, 2.45) is 5.73 Å². The molecule has 1 amide bonds. The molecule has 1 atom stereocenters. The third-order valence-corrected chi connectivity index (χ3v) is 2.69. The summed E-state index contributed by atoms with van der Waals surface area (Å²) in [5, 5.41) is 2.76. The van der Waals surface area contributed by atoms with Crippen LogP contribution in [0.25, 0.3) is 0 Å². The fourth-order valence-electron chi connectivity index (χ4n) is 1.75. The molecule has 88 valence electrons. The predicted octanol–water partition coefficient (Wildman–Crippen LogP) is 0.799. The molecular formula is C11H22N2O2. The molecule has 0 spiro atoms. The van der Waals surface area contributed by atoms with E-state index in [-0.39, 0.29) is 5.91 Å². The van der Waals surface area contributed by atoms with Gasteiger partial charge in [-0.1, -0.05) is 12.8 Å². The zero-order valence-electron chi connectivity index (χ0n) is 9.50. The Hall–Kier alpha value is -0.610. The summed E-state index contributed by atoms with van der Waals surface area (Å²) >= 11 is 0. The van der Waals surface area contributed by atoms with Crippen LogP contribution in [0.1, 0.15) is 39.0 Å². The van der Waals surface area contributed by atoms with Gasteiger partial charge in [0.2, 0.25) is 5.91 Å². The van der Waals surface area contributed by atoms with Crippen molar-refractivity contribution in [3.05, 3.63) is 0 Å². The van der Waals surface area contributed by atoms with Gasteiger partial charge in [0.15, 0.2) is 0 Å². The summed E-state index contributed by atoms with van der Waals surface area (Å²) in [4.78, 5) is 11.1. The van der Waals surface area contributed by atoms with Crippen LogP contribution in [0.15, 0.2) is 0 Å². The molecule has 0 heterocycles. The van der Waals surface area contributed by atoms with E-state index < -0.39 is 6.04 Å². The molecule has 1 saturated carbocycles. The van der Waals surface area contributed by atoms with Crippen molar-refractivity contribution in [2.45, 2.75) is 51.2 Å². The first-order valence-electron chi connectivity index (χ1n) is 5.85. The van der Waals surface area contributed by atoms with Crippen LogP contribution in [0.4, 0.5) is 0 Å². The van der Waals surface area contributed by atoms with Gasteiger partial charge >= 0.3 is 0 Å². The normalized spacial score (nSPS) is 19.1. The summed E-state index contributed by atoms with van der Waals surface area (Å²) in [6.07, 6.45) is 6.33. The number of amides is 1. The minimum Gasteiger partial charge on any atom is -0.378 e. The van der Waals surface area contributed by atoms with Gasteiger partial charge in [-0.3, -0.25) is 4.79 Å². The van der Waals surface area contributed by atoms with E-state index in [2.05, 4.69) is 5.32 Å². The highest BCUT2D eigenvalue weighted by Crippen LogP contribution is 2.20. The molecule has 1 aliphatic rings. The number of carbonyl (C=O) groups is 1. The van der Waals surface area contributed by atoms with Crippen molar-refractivity contribution in [1.82, 2.24) is 5.32 Å². The van der Waals surface area contributed by atoms with Crippen molar-refractivity contribution in [2.75, 3.05) is 13.2 Å². The molecule has 15 heavy (non-hydrogen) atoms. The second-order valence-electron chi connectivity index (χ2n) is 4.21. The molecule has 0 aromatic carbocycles. The van der Waals surface area contributed by atoms with Gasteiger partial charge in [-0.2, -0.15) is 0 Å². The Morgan fingerprint density at radius 2 is 2.20 bits per heavy atom. The lowest BCUT2D eigenvalue weighted by atomic mass is 10.3. The highest BCUT2D eigenvalue weighted by atomic mass is 16.5. The average Bonchev–Trinajstić information content (AvgIpc) is 2.69. The van der Waals surface area contributed by atoms with E-state index in [1.54, 1.807) is 6.92 Å². The van der Waals surface area contributed by atoms with Crippen LogP contribution in [-0.4, -0.2) is 31.2 Å². The number of hydrogen-bond acceptors (Lipinski definition) is 3. The van der Waals surface area contributed by atoms with Crippen molar-refractivity contribution in [3.8, 4) is 0 Å². The monoisotopic (exact) mass is 214 g/mol. The lowest BCUT2D eigenvalue weighted by molar-refractivity contribution is -0.122. The molecular weight excluding hydrogens is 192 g/mol. The van der Waals surface area contributed by atoms with Crippen molar-refractivity contribution < 1.29 is 9.53 Å². The molecule has 0 aromatic heterocycles. The molecule has 3 N–H and O–H groups in total. The first-order chi connectivity index (χ1) is 7.20. The van der Waals surface area contributed by atoms with E-state index in [1.807, 2.05) is 0 Å². The van der Waals surface area contributed by atoms with Crippen molar-refractivity contribution in [3.63, 3.8) is 0 Å². The number of nitrogens with one attached hydrogen (secondary N) is 1. The van der Waals surface area contributed by atoms with Gasteiger partial charge in [0, 0.05) is 13.2 Å². The van der Waals surface area contributed by atoms with E-state index in [0.29, 0.717) is 12.6 Å². The lowest BCUT2D eigenvalue weighted by Gasteiger charge is -2.11. The van der Waals surface area contributed by atoms with E-state index in [9.17, 15) is 4.79 Å². The van der Waals surface area contributed by atoms with E-state index in [4.69, 9.17) is 10.5 Å². The summed E-state index contributed by atoms with van der Waals surface area (Å²) in [7, 11) is 0. The van der Waals surface area contributed by atoms with Crippen LogP contribution in [-0.2, 0) is 9.53 Å². The molecule has 0 saturated heterocycles. The molecule has 1 rings (SSSR count). The third kappa shape index (κ3) is 5.14. The average molecular weight is 214 g/mol. The quantitative estimate of drug-likeness (QED) is 0.643. The highest BCUT2D eigenvalue weighted by molar-refractivity contribution is 5.80. The molecule has 4 nitrogen and oxygen atoms in total. The van der Waals surface area contributed by atoms with Crippen molar-refractivity contribution in [1.29, 1.82) is 0 Å². The smallest absolute Gasteiger partial charge is 0.236 e. The molecule has 0 unspecified atom stereocenters. The molecule has 0 aromatic rings. The van der Waals surface area contributed by atoms with Gasteiger partial charge in [0.05, 0.1) is 12.1 Å². The van der Waals surface area contributed by atoms with Crippen LogP contribution >= 0.6 is 0 Å². The van der Waals surface area contributed by atoms with Gasteiger partial charge in [-0.15, -0.1) is 0 Å². The maximum atomic E-state index is 11.1. The zero-order valence-corrected chi connectivity index (χ0v) is 9.50. The Labute approximate surface area is 91.5 Å². The van der Waals surface area contributed by atoms with Crippen LogP contribution in [0.3, 0.4) is 0 Å². The Kier molecular flexibility index (Phi) is 5.65. The minimum atomic E-state index is -0.416. The second kappa shape index (κ2) is 6.80. The number of rotatable bonds is 6. The van der Waals surface area contributed by atoms with Gasteiger partial charge in [0.25, 0.3) is 0 Å². The van der Waals surface area contributed by atoms with Gasteiger partial charge in [-0.05, 0) is 26.2 Å². The molecule has 0 radical (unpaired) electrons. The van der Waals surface area contributed by atoms with Crippen LogP contribution < -0.4 is 11.1 Å². The fraction of sp³-hybridized carbons (Fsp3) is 0.909. The summed E-state index contributed by atoms with van der Waals surface area (Å²) < 4.78 is 5.66. The Balaban J connectivity index is 1.90. The molecule has 1 fully saturated rings. The second-order valence-corrected chi connectivity index (χ2v) is 4.21. The molecule has 4 heteroatoms. The first-order valence-corrected chi connectivity index (χ1v) is 5.85. The number of carbonyl (C=O) groups excluding carboxylic acids is 1. The Bertz CT molecular complexity index is 189.